The van der Waals surface area contributed by atoms with E-state index in [2.05, 4.69) is 36.2 Å². The number of hydrogen-bond acceptors (Lipinski definition) is 3. The normalized spacial score (nSPS) is 11.8. The molecule has 0 aliphatic heterocycles. The number of benzene rings is 1. The van der Waals surface area contributed by atoms with Crippen LogP contribution in [0.4, 0.5) is 4.39 Å². The summed E-state index contributed by atoms with van der Waals surface area (Å²) in [5.41, 5.74) is 0.682. The van der Waals surface area contributed by atoms with Crippen molar-refractivity contribution < 1.29 is 4.39 Å². The average Bonchev–Trinajstić information content (AvgIpc) is 2.79. The Morgan fingerprint density at radius 3 is 2.80 bits per heavy atom. The van der Waals surface area contributed by atoms with Gasteiger partial charge in [0.15, 0.2) is 0 Å². The van der Waals surface area contributed by atoms with Gasteiger partial charge in [0.1, 0.15) is 18.0 Å². The summed E-state index contributed by atoms with van der Waals surface area (Å²) < 4.78 is 15.1. The van der Waals surface area contributed by atoms with Crippen LogP contribution >= 0.6 is 11.6 Å². The molecule has 20 heavy (non-hydrogen) atoms. The van der Waals surface area contributed by atoms with Crippen molar-refractivity contribution >= 4 is 11.6 Å². The van der Waals surface area contributed by atoms with Gasteiger partial charge in [-0.3, -0.25) is 0 Å². The number of rotatable bonds is 4. The maximum absolute atomic E-state index is 13.4. The molecule has 1 heterocycles. The quantitative estimate of drug-likeness (QED) is 0.943. The van der Waals surface area contributed by atoms with Crippen LogP contribution in [0.25, 0.3) is 0 Å². The first-order valence-corrected chi connectivity index (χ1v) is 6.79. The monoisotopic (exact) mass is 296 g/mol. The van der Waals surface area contributed by atoms with Crippen LogP contribution in [0.2, 0.25) is 5.02 Å². The predicted molar refractivity (Wildman–Crippen MR) is 77.1 cm³/mol. The fourth-order valence-corrected chi connectivity index (χ4v) is 1.92. The molecule has 0 saturated carbocycles. The maximum Gasteiger partial charge on any atom is 0.142 e. The van der Waals surface area contributed by atoms with Gasteiger partial charge in [-0.1, -0.05) is 23.7 Å². The van der Waals surface area contributed by atoms with E-state index in [1.807, 2.05) is 0 Å². The van der Waals surface area contributed by atoms with Gasteiger partial charge in [-0.15, -0.1) is 0 Å². The molecule has 0 fully saturated rings. The first kappa shape index (κ1) is 14.9. The summed E-state index contributed by atoms with van der Waals surface area (Å²) >= 11 is 5.96. The number of halogens is 2. The smallest absolute Gasteiger partial charge is 0.142 e. The van der Waals surface area contributed by atoms with E-state index in [0.29, 0.717) is 18.7 Å². The molecule has 0 amide bonds. The zero-order valence-electron chi connectivity index (χ0n) is 11.8. The number of hydrogen-bond donors (Lipinski definition) is 1. The Kier molecular flexibility index (Phi) is 4.40. The minimum absolute atomic E-state index is 0.00667. The highest BCUT2D eigenvalue weighted by molar-refractivity contribution is 6.31. The van der Waals surface area contributed by atoms with E-state index in [-0.39, 0.29) is 10.6 Å². The van der Waals surface area contributed by atoms with Gasteiger partial charge in [0.2, 0.25) is 0 Å². The molecule has 6 heteroatoms. The second-order valence-corrected chi connectivity index (χ2v) is 6.03. The number of nitrogens with one attached hydrogen (secondary N) is 1. The zero-order valence-corrected chi connectivity index (χ0v) is 12.6. The largest absolute Gasteiger partial charge is 0.305 e. The van der Waals surface area contributed by atoms with E-state index >= 15 is 0 Å². The molecule has 108 valence electrons. The van der Waals surface area contributed by atoms with Crippen molar-refractivity contribution in [3.8, 4) is 0 Å². The molecular weight excluding hydrogens is 279 g/mol. The molecule has 1 aromatic heterocycles. The summed E-state index contributed by atoms with van der Waals surface area (Å²) in [6, 6.07) is 4.77. The van der Waals surface area contributed by atoms with Crippen LogP contribution in [0.1, 0.15) is 32.2 Å². The fourth-order valence-electron chi connectivity index (χ4n) is 1.73. The second kappa shape index (κ2) is 5.89. The van der Waals surface area contributed by atoms with Crippen LogP contribution in [-0.4, -0.2) is 20.3 Å². The average molecular weight is 297 g/mol. The zero-order chi connectivity index (χ0) is 14.8. The molecule has 1 N–H and O–H groups in total. The van der Waals surface area contributed by atoms with Crippen LogP contribution in [0.3, 0.4) is 0 Å². The Hall–Kier alpha value is -1.46. The van der Waals surface area contributed by atoms with Gasteiger partial charge >= 0.3 is 0 Å². The molecule has 0 bridgehead atoms. The summed E-state index contributed by atoms with van der Waals surface area (Å²) in [6.07, 6.45) is 1.49. The lowest BCUT2D eigenvalue weighted by molar-refractivity contribution is 0.410. The van der Waals surface area contributed by atoms with Crippen molar-refractivity contribution in [1.82, 2.24) is 20.1 Å². The summed E-state index contributed by atoms with van der Waals surface area (Å²) in [5, 5.41) is 7.65. The maximum atomic E-state index is 13.4. The molecule has 1 aromatic carbocycles. The third-order valence-corrected chi connectivity index (χ3v) is 3.25. The van der Waals surface area contributed by atoms with Gasteiger partial charge in [-0.05, 0) is 32.4 Å². The summed E-state index contributed by atoms with van der Waals surface area (Å²) in [7, 11) is 0. The van der Waals surface area contributed by atoms with E-state index in [0.717, 1.165) is 5.82 Å². The summed E-state index contributed by atoms with van der Waals surface area (Å²) in [4.78, 5) is 4.22. The van der Waals surface area contributed by atoms with Crippen molar-refractivity contribution in [2.45, 2.75) is 39.4 Å². The molecule has 0 radical (unpaired) electrons. The SMILES string of the molecule is CC(C)(C)NCc1ncnn1Cc1cccc(F)c1Cl. The molecule has 2 aromatic rings. The molecule has 0 atom stereocenters. The van der Waals surface area contributed by atoms with E-state index < -0.39 is 5.82 Å². The Labute approximate surface area is 123 Å². The van der Waals surface area contributed by atoms with Crippen molar-refractivity contribution in [1.29, 1.82) is 0 Å². The van der Waals surface area contributed by atoms with Gasteiger partial charge in [0.25, 0.3) is 0 Å². The molecular formula is C14H18ClFN4. The molecule has 0 aliphatic rings. The van der Waals surface area contributed by atoms with E-state index in [1.54, 1.807) is 16.8 Å². The Balaban J connectivity index is 2.14. The van der Waals surface area contributed by atoms with Crippen LogP contribution in [0.5, 0.6) is 0 Å². The van der Waals surface area contributed by atoms with Crippen molar-refractivity contribution in [3.63, 3.8) is 0 Å². The minimum Gasteiger partial charge on any atom is -0.305 e. The van der Waals surface area contributed by atoms with Gasteiger partial charge in [-0.25, -0.2) is 14.1 Å². The molecule has 0 spiro atoms. The van der Waals surface area contributed by atoms with E-state index in [9.17, 15) is 4.39 Å². The number of nitrogens with zero attached hydrogens (tertiary/aromatic N) is 3. The standard InChI is InChI=1S/C14H18ClFN4/c1-14(2,3)18-7-12-17-9-19-20(12)8-10-5-4-6-11(16)13(10)15/h4-6,9,18H,7-8H2,1-3H3. The van der Waals surface area contributed by atoms with Crippen LogP contribution in [0, 0.1) is 5.82 Å². The van der Waals surface area contributed by atoms with Crippen LogP contribution in [-0.2, 0) is 13.1 Å². The minimum atomic E-state index is -0.418. The van der Waals surface area contributed by atoms with Crippen LogP contribution in [0.15, 0.2) is 24.5 Å². The van der Waals surface area contributed by atoms with Crippen molar-refractivity contribution in [2.24, 2.45) is 0 Å². The predicted octanol–water partition coefficient (Wildman–Crippen LogP) is 3.01. The highest BCUT2D eigenvalue weighted by Crippen LogP contribution is 2.20. The molecule has 0 aliphatic carbocycles. The van der Waals surface area contributed by atoms with Gasteiger partial charge in [0.05, 0.1) is 18.1 Å². The lowest BCUT2D eigenvalue weighted by Gasteiger charge is -2.20. The lowest BCUT2D eigenvalue weighted by atomic mass is 10.1. The Morgan fingerprint density at radius 2 is 2.10 bits per heavy atom. The second-order valence-electron chi connectivity index (χ2n) is 5.65. The third-order valence-electron chi connectivity index (χ3n) is 2.82. The lowest BCUT2D eigenvalue weighted by Crippen LogP contribution is -2.36. The summed E-state index contributed by atoms with van der Waals surface area (Å²) in [6.45, 7) is 7.24. The fraction of sp³-hybridized carbons (Fsp3) is 0.429. The molecule has 0 unspecified atom stereocenters. The Morgan fingerprint density at radius 1 is 1.35 bits per heavy atom. The van der Waals surface area contributed by atoms with Gasteiger partial charge < -0.3 is 5.32 Å². The molecule has 0 saturated heterocycles. The van der Waals surface area contributed by atoms with E-state index in [4.69, 9.17) is 11.6 Å². The van der Waals surface area contributed by atoms with E-state index in [1.165, 1.54) is 12.4 Å². The van der Waals surface area contributed by atoms with Gasteiger partial charge in [-0.2, -0.15) is 5.10 Å². The highest BCUT2D eigenvalue weighted by Gasteiger charge is 2.13. The summed E-state index contributed by atoms with van der Waals surface area (Å²) in [5.74, 6) is 0.374. The van der Waals surface area contributed by atoms with Crippen LogP contribution < -0.4 is 5.32 Å². The topological polar surface area (TPSA) is 42.7 Å². The van der Waals surface area contributed by atoms with Crippen molar-refractivity contribution in [2.75, 3.05) is 0 Å². The molecule has 4 nitrogen and oxygen atoms in total. The van der Waals surface area contributed by atoms with Gasteiger partial charge in [0, 0.05) is 5.54 Å². The number of aromatic nitrogens is 3. The third kappa shape index (κ3) is 3.77. The van der Waals surface area contributed by atoms with Crippen molar-refractivity contribution in [3.05, 3.63) is 46.8 Å². The molecule has 2 rings (SSSR count). The first-order chi connectivity index (χ1) is 9.37. The Bertz CT molecular complexity index is 589. The highest BCUT2D eigenvalue weighted by atomic mass is 35.5. The first-order valence-electron chi connectivity index (χ1n) is 6.41.